The van der Waals surface area contributed by atoms with Gasteiger partial charge in [0, 0.05) is 6.20 Å². The van der Waals surface area contributed by atoms with Crippen LogP contribution in [0.1, 0.15) is 41.5 Å². The van der Waals surface area contributed by atoms with Crippen LogP contribution in [0.4, 0.5) is 18.4 Å². The molecule has 1 saturated heterocycles. The summed E-state index contributed by atoms with van der Waals surface area (Å²) in [5.74, 6) is -7.48. The van der Waals surface area contributed by atoms with Crippen LogP contribution in [0.15, 0.2) is 12.3 Å². The summed E-state index contributed by atoms with van der Waals surface area (Å²) in [4.78, 5) is 48.7. The van der Waals surface area contributed by atoms with Gasteiger partial charge in [-0.1, -0.05) is 0 Å². The highest BCUT2D eigenvalue weighted by Crippen LogP contribution is 2.47. The van der Waals surface area contributed by atoms with Gasteiger partial charge in [-0.25, -0.2) is 19.2 Å². The lowest BCUT2D eigenvalue weighted by Gasteiger charge is -2.38. The molecule has 0 spiro atoms. The predicted molar refractivity (Wildman–Crippen MR) is 111 cm³/mol. The molecule has 198 valence electrons. The van der Waals surface area contributed by atoms with Gasteiger partial charge in [0.05, 0.1) is 0 Å². The maximum absolute atomic E-state index is 15.5. The van der Waals surface area contributed by atoms with E-state index in [0.29, 0.717) is 6.20 Å². The summed E-state index contributed by atoms with van der Waals surface area (Å²) < 4.78 is 50.4. The highest BCUT2D eigenvalue weighted by atomic mass is 19.3. The zero-order valence-corrected chi connectivity index (χ0v) is 20.0. The van der Waals surface area contributed by atoms with E-state index in [9.17, 15) is 24.3 Å². The first-order valence-corrected chi connectivity index (χ1v) is 10.3. The molecule has 0 aromatic carbocycles. The second kappa shape index (κ2) is 8.87. The highest BCUT2D eigenvalue weighted by molar-refractivity contribution is 5.91. The molecule has 2 aliphatic rings. The number of esters is 2. The second-order valence-electron chi connectivity index (χ2n) is 9.97. The number of rotatable bonds is 5. The largest absolute Gasteiger partial charge is 0.505 e. The van der Waals surface area contributed by atoms with E-state index in [4.69, 9.17) is 25.1 Å². The van der Waals surface area contributed by atoms with Crippen LogP contribution in [0, 0.1) is 0 Å². The first-order chi connectivity index (χ1) is 15.6. The van der Waals surface area contributed by atoms with Gasteiger partial charge in [-0.2, -0.15) is 8.78 Å². The number of hydrogen-bond donors (Lipinski definition) is 4. The Morgan fingerprint density at radius 3 is 2.11 bits per heavy atom. The number of carbonyl (C=O) groups excluding carboxylic acids is 3. The average Bonchev–Trinajstić information content (AvgIpc) is 2.85. The molecule has 4 atom stereocenters. The van der Waals surface area contributed by atoms with Gasteiger partial charge in [0.1, 0.15) is 23.9 Å². The second-order valence-corrected chi connectivity index (χ2v) is 9.97. The van der Waals surface area contributed by atoms with Crippen LogP contribution in [-0.2, 0) is 28.5 Å². The number of urea groups is 1. The van der Waals surface area contributed by atoms with Gasteiger partial charge in [0.2, 0.25) is 11.9 Å². The van der Waals surface area contributed by atoms with Crippen LogP contribution < -0.4 is 11.1 Å². The molecule has 0 saturated carbocycles. The summed E-state index contributed by atoms with van der Waals surface area (Å²) in [6.45, 7) is 7.47. The Bertz CT molecular complexity index is 929. The number of carbonyl (C=O) groups is 4. The van der Waals surface area contributed by atoms with Gasteiger partial charge in [0.25, 0.3) is 5.60 Å². The van der Waals surface area contributed by atoms with Crippen molar-refractivity contribution in [3.63, 3.8) is 0 Å². The van der Waals surface area contributed by atoms with Crippen LogP contribution in [0.25, 0.3) is 0 Å². The van der Waals surface area contributed by atoms with Crippen molar-refractivity contribution in [1.29, 1.82) is 0 Å². The molecule has 35 heavy (non-hydrogen) atoms. The van der Waals surface area contributed by atoms with Crippen molar-refractivity contribution in [2.75, 3.05) is 6.61 Å². The lowest BCUT2D eigenvalue weighted by Crippen LogP contribution is -2.69. The van der Waals surface area contributed by atoms with E-state index in [1.54, 1.807) is 20.8 Å². The molecular formula is C20H29F2N3O10. The minimum absolute atomic E-state index is 0.242. The maximum atomic E-state index is 15.5. The highest BCUT2D eigenvalue weighted by Gasteiger charge is 2.76. The van der Waals surface area contributed by atoms with E-state index in [2.05, 4.69) is 4.74 Å². The summed E-state index contributed by atoms with van der Waals surface area (Å²) in [5, 5.41) is 21.6. The SMILES string of the molecule is CC(C)(C)OC(=O)C1(N)C=CN([C@@H]2O[C@H](COC(=O)O)[C@](O)(C(=O)OC(C)(C)C)C2(F)F)C(=O)N1. The average molecular weight is 509 g/mol. The number of ether oxygens (including phenoxy) is 4. The fourth-order valence-electron chi connectivity index (χ4n) is 3.13. The van der Waals surface area contributed by atoms with Crippen LogP contribution >= 0.6 is 0 Å². The zero-order valence-electron chi connectivity index (χ0n) is 20.0. The van der Waals surface area contributed by atoms with E-state index in [0.717, 1.165) is 6.08 Å². The molecule has 1 fully saturated rings. The zero-order chi connectivity index (χ0) is 27.2. The molecule has 1 unspecified atom stereocenters. The van der Waals surface area contributed by atoms with E-state index in [1.807, 2.05) is 5.32 Å². The number of nitrogens with two attached hydrogens (primary N) is 1. The summed E-state index contributed by atoms with van der Waals surface area (Å²) >= 11 is 0. The summed E-state index contributed by atoms with van der Waals surface area (Å²) in [6, 6.07) is -1.36. The molecule has 0 aromatic rings. The number of nitrogens with zero attached hydrogens (tertiary/aromatic N) is 1. The Morgan fingerprint density at radius 2 is 1.66 bits per heavy atom. The lowest BCUT2D eigenvalue weighted by atomic mass is 9.90. The van der Waals surface area contributed by atoms with Crippen molar-refractivity contribution in [2.45, 2.75) is 82.3 Å². The third-order valence-corrected chi connectivity index (χ3v) is 4.68. The quantitative estimate of drug-likeness (QED) is 0.301. The molecule has 2 amide bonds. The number of amides is 2. The van der Waals surface area contributed by atoms with Crippen LogP contribution in [0.2, 0.25) is 0 Å². The van der Waals surface area contributed by atoms with Gasteiger partial charge in [0.15, 0.2) is 0 Å². The smallest absolute Gasteiger partial charge is 0.458 e. The molecule has 2 aliphatic heterocycles. The fraction of sp³-hybridized carbons (Fsp3) is 0.700. The molecule has 0 aliphatic carbocycles. The van der Waals surface area contributed by atoms with E-state index < -0.39 is 71.5 Å². The van der Waals surface area contributed by atoms with E-state index in [-0.39, 0.29) is 4.90 Å². The van der Waals surface area contributed by atoms with Gasteiger partial charge >= 0.3 is 30.0 Å². The molecule has 0 radical (unpaired) electrons. The summed E-state index contributed by atoms with van der Waals surface area (Å²) in [6.07, 6.45) is -5.29. The number of carboxylic acid groups (broad SMARTS) is 1. The normalized spacial score (nSPS) is 30.5. The number of hydrogen-bond acceptors (Lipinski definition) is 10. The monoisotopic (exact) mass is 509 g/mol. The van der Waals surface area contributed by atoms with Gasteiger partial charge in [-0.3, -0.25) is 10.6 Å². The Hall–Kier alpha value is -3.04. The van der Waals surface area contributed by atoms with Crippen LogP contribution in [0.5, 0.6) is 0 Å². The minimum atomic E-state index is -4.55. The van der Waals surface area contributed by atoms with Crippen LogP contribution in [0.3, 0.4) is 0 Å². The topological polar surface area (TPSA) is 187 Å². The molecular weight excluding hydrogens is 480 g/mol. The molecule has 2 heterocycles. The number of alkyl halides is 2. The van der Waals surface area contributed by atoms with Crippen molar-refractivity contribution in [3.05, 3.63) is 12.3 Å². The minimum Gasteiger partial charge on any atom is -0.458 e. The molecule has 0 bridgehead atoms. The predicted octanol–water partition coefficient (Wildman–Crippen LogP) is 0.650. The Morgan fingerprint density at radius 1 is 1.14 bits per heavy atom. The van der Waals surface area contributed by atoms with Crippen molar-refractivity contribution < 1.29 is 57.1 Å². The first-order valence-electron chi connectivity index (χ1n) is 10.3. The number of aliphatic hydroxyl groups is 1. The molecule has 15 heteroatoms. The first kappa shape index (κ1) is 28.2. The van der Waals surface area contributed by atoms with Crippen molar-refractivity contribution >= 4 is 24.1 Å². The van der Waals surface area contributed by atoms with E-state index in [1.165, 1.54) is 20.8 Å². The standard InChI is InChI=1S/C20H29F2N3O10/c1-16(2,3)34-12(26)18(23)7-8-25(14(28)24-18)11-20(21,22)19(31,13(27)35-17(4,5)6)10(33-11)9-32-15(29)30/h7-8,10-11,31H,9,23H2,1-6H3,(H,24,28)(H,29,30)/t10-,11-,18?,19+/m1/s1. The summed E-state index contributed by atoms with van der Waals surface area (Å²) in [5.41, 5.74) is -2.43. The third kappa shape index (κ3) is 5.62. The third-order valence-electron chi connectivity index (χ3n) is 4.68. The van der Waals surface area contributed by atoms with Gasteiger partial charge in [-0.15, -0.1) is 0 Å². The molecule has 13 nitrogen and oxygen atoms in total. The summed E-state index contributed by atoms with van der Waals surface area (Å²) in [7, 11) is 0. The Labute approximate surface area is 199 Å². The number of halogens is 2. The van der Waals surface area contributed by atoms with Gasteiger partial charge in [-0.05, 0) is 47.6 Å². The van der Waals surface area contributed by atoms with Crippen molar-refractivity contribution in [1.82, 2.24) is 10.2 Å². The Balaban J connectivity index is 2.43. The van der Waals surface area contributed by atoms with Crippen LogP contribution in [-0.4, -0.2) is 86.6 Å². The molecule has 2 rings (SSSR count). The molecule has 0 aromatic heterocycles. The lowest BCUT2D eigenvalue weighted by molar-refractivity contribution is -0.221. The Kier molecular flexibility index (Phi) is 7.15. The van der Waals surface area contributed by atoms with Crippen molar-refractivity contribution in [2.24, 2.45) is 5.73 Å². The molecule has 5 N–H and O–H groups in total. The van der Waals surface area contributed by atoms with Crippen molar-refractivity contribution in [3.8, 4) is 0 Å². The fourth-order valence-corrected chi connectivity index (χ4v) is 3.13. The van der Waals surface area contributed by atoms with E-state index >= 15 is 8.78 Å². The maximum Gasteiger partial charge on any atom is 0.505 e. The van der Waals surface area contributed by atoms with Gasteiger partial charge < -0.3 is 34.5 Å². The number of nitrogens with one attached hydrogen (secondary N) is 1.